The standard InChI is InChI=1S/C7H12O4.C4H10O3/c1-5(11-7(3)9)4-10-6(2)8;5-1-3-7-4-2-6/h5H,4H2,1-3H3;5-6H,1-4H2. The Morgan fingerprint density at radius 1 is 1.06 bits per heavy atom. The second-order valence-electron chi connectivity index (χ2n) is 3.28. The molecule has 0 aliphatic carbocycles. The van der Waals surface area contributed by atoms with Crippen LogP contribution in [0, 0.1) is 0 Å². The summed E-state index contributed by atoms with van der Waals surface area (Å²) in [5, 5.41) is 16.2. The Labute approximate surface area is 107 Å². The van der Waals surface area contributed by atoms with Gasteiger partial charge in [-0.15, -0.1) is 0 Å². The van der Waals surface area contributed by atoms with E-state index in [1.165, 1.54) is 13.8 Å². The molecule has 108 valence electrons. The van der Waals surface area contributed by atoms with E-state index in [1.807, 2.05) is 0 Å². The highest BCUT2D eigenvalue weighted by molar-refractivity contribution is 5.67. The molecule has 0 rings (SSSR count). The molecule has 0 aliphatic rings. The quantitative estimate of drug-likeness (QED) is 0.472. The summed E-state index contributed by atoms with van der Waals surface area (Å²) in [7, 11) is 0. The van der Waals surface area contributed by atoms with Crippen LogP contribution in [0.4, 0.5) is 0 Å². The van der Waals surface area contributed by atoms with Crippen LogP contribution in [0.25, 0.3) is 0 Å². The van der Waals surface area contributed by atoms with Gasteiger partial charge in [0.1, 0.15) is 12.7 Å². The average molecular weight is 266 g/mol. The maximum atomic E-state index is 10.3. The van der Waals surface area contributed by atoms with Gasteiger partial charge in [-0.1, -0.05) is 0 Å². The van der Waals surface area contributed by atoms with Crippen LogP contribution in [0.5, 0.6) is 0 Å². The summed E-state index contributed by atoms with van der Waals surface area (Å²) in [6, 6.07) is 0. The van der Waals surface area contributed by atoms with E-state index in [0.717, 1.165) is 0 Å². The van der Waals surface area contributed by atoms with Gasteiger partial charge < -0.3 is 24.4 Å². The molecule has 0 aromatic rings. The van der Waals surface area contributed by atoms with Crippen LogP contribution in [0.1, 0.15) is 20.8 Å². The third kappa shape index (κ3) is 20.3. The third-order valence-electron chi connectivity index (χ3n) is 1.36. The summed E-state index contributed by atoms with van der Waals surface area (Å²) in [5.74, 6) is -0.742. The van der Waals surface area contributed by atoms with E-state index >= 15 is 0 Å². The first kappa shape index (κ1) is 19.2. The molecule has 0 spiro atoms. The Hall–Kier alpha value is -1.18. The van der Waals surface area contributed by atoms with Gasteiger partial charge in [0, 0.05) is 13.8 Å². The van der Waals surface area contributed by atoms with Gasteiger partial charge in [0.25, 0.3) is 0 Å². The maximum Gasteiger partial charge on any atom is 0.303 e. The fourth-order valence-corrected chi connectivity index (χ4v) is 0.783. The predicted octanol–water partition coefficient (Wildman–Crippen LogP) is -0.511. The van der Waals surface area contributed by atoms with Crippen molar-refractivity contribution in [2.45, 2.75) is 26.9 Å². The molecule has 1 unspecified atom stereocenters. The summed E-state index contributed by atoms with van der Waals surface area (Å²) < 4.78 is 13.9. The van der Waals surface area contributed by atoms with E-state index in [9.17, 15) is 9.59 Å². The Kier molecular flexibility index (Phi) is 14.8. The molecule has 0 bridgehead atoms. The van der Waals surface area contributed by atoms with Crippen molar-refractivity contribution >= 4 is 11.9 Å². The highest BCUT2D eigenvalue weighted by atomic mass is 16.6. The van der Waals surface area contributed by atoms with E-state index in [1.54, 1.807) is 6.92 Å². The topological polar surface area (TPSA) is 102 Å². The van der Waals surface area contributed by atoms with Gasteiger partial charge in [-0.2, -0.15) is 0 Å². The fraction of sp³-hybridized carbons (Fsp3) is 0.818. The van der Waals surface area contributed by atoms with Crippen LogP contribution in [0.2, 0.25) is 0 Å². The molecular formula is C11H22O7. The second kappa shape index (κ2) is 13.9. The van der Waals surface area contributed by atoms with Gasteiger partial charge in [0.15, 0.2) is 0 Å². The lowest BCUT2D eigenvalue weighted by Crippen LogP contribution is -2.19. The van der Waals surface area contributed by atoms with Crippen molar-refractivity contribution in [3.05, 3.63) is 0 Å². The highest BCUT2D eigenvalue weighted by Crippen LogP contribution is 1.92. The summed E-state index contributed by atoms with van der Waals surface area (Å²) in [5.41, 5.74) is 0. The first-order chi connectivity index (χ1) is 8.43. The minimum Gasteiger partial charge on any atom is -0.462 e. The zero-order valence-electron chi connectivity index (χ0n) is 11.0. The molecule has 0 aromatic heterocycles. The van der Waals surface area contributed by atoms with Crippen molar-refractivity contribution in [1.29, 1.82) is 0 Å². The zero-order chi connectivity index (χ0) is 14.4. The van der Waals surface area contributed by atoms with Crippen molar-refractivity contribution < 1.29 is 34.0 Å². The van der Waals surface area contributed by atoms with E-state index in [2.05, 4.69) is 14.2 Å². The molecule has 0 fully saturated rings. The summed E-state index contributed by atoms with van der Waals surface area (Å²) in [4.78, 5) is 20.6. The molecule has 1 atom stereocenters. The minimum absolute atomic E-state index is 0.0278. The van der Waals surface area contributed by atoms with Gasteiger partial charge in [0.05, 0.1) is 26.4 Å². The molecule has 0 aromatic carbocycles. The van der Waals surface area contributed by atoms with Crippen molar-refractivity contribution in [3.63, 3.8) is 0 Å². The van der Waals surface area contributed by atoms with Gasteiger partial charge in [-0.05, 0) is 6.92 Å². The largest absolute Gasteiger partial charge is 0.462 e. The van der Waals surface area contributed by atoms with Crippen molar-refractivity contribution in [1.82, 2.24) is 0 Å². The van der Waals surface area contributed by atoms with E-state index in [-0.39, 0.29) is 37.9 Å². The lowest BCUT2D eigenvalue weighted by Gasteiger charge is -2.10. The number of esters is 2. The smallest absolute Gasteiger partial charge is 0.303 e. The second-order valence-corrected chi connectivity index (χ2v) is 3.28. The SMILES string of the molecule is CC(=O)OCC(C)OC(C)=O.OCCOCCO. The Morgan fingerprint density at radius 3 is 1.89 bits per heavy atom. The van der Waals surface area contributed by atoms with Crippen LogP contribution in [0.3, 0.4) is 0 Å². The van der Waals surface area contributed by atoms with E-state index < -0.39 is 0 Å². The number of rotatable bonds is 7. The van der Waals surface area contributed by atoms with Gasteiger partial charge in [-0.25, -0.2) is 0 Å². The molecule has 0 radical (unpaired) electrons. The normalized spacial score (nSPS) is 10.9. The van der Waals surface area contributed by atoms with Gasteiger partial charge >= 0.3 is 11.9 Å². The lowest BCUT2D eigenvalue weighted by molar-refractivity contribution is -0.155. The zero-order valence-corrected chi connectivity index (χ0v) is 11.0. The Bertz CT molecular complexity index is 213. The van der Waals surface area contributed by atoms with Crippen LogP contribution in [-0.4, -0.2) is 61.3 Å². The first-order valence-corrected chi connectivity index (χ1v) is 5.54. The van der Waals surface area contributed by atoms with Crippen LogP contribution >= 0.6 is 0 Å². The minimum atomic E-state index is -0.371. The number of hydrogen-bond donors (Lipinski definition) is 2. The molecule has 7 heteroatoms. The van der Waals surface area contributed by atoms with Gasteiger partial charge in [-0.3, -0.25) is 9.59 Å². The summed E-state index contributed by atoms with van der Waals surface area (Å²) in [6.45, 7) is 5.09. The van der Waals surface area contributed by atoms with Gasteiger partial charge in [0.2, 0.25) is 0 Å². The lowest BCUT2D eigenvalue weighted by atomic mass is 10.4. The summed E-state index contributed by atoms with van der Waals surface area (Å²) >= 11 is 0. The molecule has 7 nitrogen and oxygen atoms in total. The number of aliphatic hydroxyl groups is 2. The maximum absolute atomic E-state index is 10.3. The Balaban J connectivity index is 0. The molecular weight excluding hydrogens is 244 g/mol. The molecule has 0 saturated heterocycles. The summed E-state index contributed by atoms with van der Waals surface area (Å²) in [6.07, 6.45) is -0.364. The van der Waals surface area contributed by atoms with Crippen LogP contribution in [0.15, 0.2) is 0 Å². The highest BCUT2D eigenvalue weighted by Gasteiger charge is 2.06. The van der Waals surface area contributed by atoms with Crippen LogP contribution in [-0.2, 0) is 23.8 Å². The number of aliphatic hydroxyl groups excluding tert-OH is 2. The van der Waals surface area contributed by atoms with Crippen LogP contribution < -0.4 is 0 Å². The molecule has 18 heavy (non-hydrogen) atoms. The molecule has 0 amide bonds. The number of ether oxygens (including phenoxy) is 3. The fourth-order valence-electron chi connectivity index (χ4n) is 0.783. The molecule has 0 saturated carbocycles. The first-order valence-electron chi connectivity index (χ1n) is 5.54. The average Bonchev–Trinajstić information content (AvgIpc) is 2.27. The third-order valence-corrected chi connectivity index (χ3v) is 1.36. The van der Waals surface area contributed by atoms with E-state index in [0.29, 0.717) is 13.2 Å². The predicted molar refractivity (Wildman–Crippen MR) is 62.9 cm³/mol. The van der Waals surface area contributed by atoms with Crippen molar-refractivity contribution in [2.24, 2.45) is 0 Å². The number of carbonyl (C=O) groups excluding carboxylic acids is 2. The van der Waals surface area contributed by atoms with Crippen molar-refractivity contribution in [3.8, 4) is 0 Å². The number of hydrogen-bond acceptors (Lipinski definition) is 7. The molecule has 2 N–H and O–H groups in total. The number of carbonyl (C=O) groups is 2. The monoisotopic (exact) mass is 266 g/mol. The Morgan fingerprint density at radius 2 is 1.56 bits per heavy atom. The van der Waals surface area contributed by atoms with Crippen molar-refractivity contribution in [2.75, 3.05) is 33.0 Å². The molecule has 0 aliphatic heterocycles. The molecule has 0 heterocycles. The van der Waals surface area contributed by atoms with E-state index in [4.69, 9.17) is 10.2 Å².